The molecule has 4 heteroatoms. The molecule has 0 saturated carbocycles. The Morgan fingerprint density at radius 1 is 1.16 bits per heavy atom. The van der Waals surface area contributed by atoms with Gasteiger partial charge in [0.05, 0.1) is 17.2 Å². The molecule has 0 saturated heterocycles. The molecule has 3 aromatic rings. The molecule has 0 aliphatic heterocycles. The lowest BCUT2D eigenvalue weighted by atomic mass is 10.0. The van der Waals surface area contributed by atoms with Crippen molar-refractivity contribution < 1.29 is 0 Å². The number of aromatic nitrogens is 2. The second-order valence-corrected chi connectivity index (χ2v) is 5.21. The van der Waals surface area contributed by atoms with Gasteiger partial charge in [-0.15, -0.1) is 0 Å². The average Bonchev–Trinajstić information content (AvgIpc) is 2.42. The molecule has 0 atom stereocenters. The molecular weight excluding hydrogens is 304 g/mol. The molecule has 0 radical (unpaired) electrons. The number of halogens is 1. The Kier molecular flexibility index (Phi) is 3.17. The van der Waals surface area contributed by atoms with Crippen LogP contribution in [-0.2, 0) is 6.42 Å². The number of fused-ring (bicyclic) bond motifs is 1. The van der Waals surface area contributed by atoms with Crippen molar-refractivity contribution >= 4 is 26.8 Å². The molecule has 0 spiro atoms. The maximum Gasteiger partial charge on any atom is 0.258 e. The van der Waals surface area contributed by atoms with Gasteiger partial charge >= 0.3 is 0 Å². The molecule has 2 aromatic carbocycles. The van der Waals surface area contributed by atoms with E-state index in [-0.39, 0.29) is 5.56 Å². The van der Waals surface area contributed by atoms with Crippen LogP contribution >= 0.6 is 15.9 Å². The molecule has 19 heavy (non-hydrogen) atoms. The molecule has 3 rings (SSSR count). The summed E-state index contributed by atoms with van der Waals surface area (Å²) in [5.41, 5.74) is 2.92. The highest BCUT2D eigenvalue weighted by Crippen LogP contribution is 2.20. The van der Waals surface area contributed by atoms with E-state index < -0.39 is 0 Å². The molecule has 94 valence electrons. The number of hydrogen-bond donors (Lipinski definition) is 1. The van der Waals surface area contributed by atoms with Crippen LogP contribution in [0.1, 0.15) is 11.1 Å². The van der Waals surface area contributed by atoms with Crippen molar-refractivity contribution in [3.63, 3.8) is 0 Å². The lowest BCUT2D eigenvalue weighted by Gasteiger charge is -2.05. The Bertz CT molecular complexity index is 795. The number of rotatable bonds is 2. The fourth-order valence-corrected chi connectivity index (χ4v) is 2.51. The first kappa shape index (κ1) is 12.1. The molecule has 1 heterocycles. The van der Waals surface area contributed by atoms with Crippen LogP contribution in [0.2, 0.25) is 0 Å². The molecule has 0 aliphatic carbocycles. The molecule has 3 nitrogen and oxygen atoms in total. The summed E-state index contributed by atoms with van der Waals surface area (Å²) in [5, 5.41) is 0.632. The summed E-state index contributed by atoms with van der Waals surface area (Å²) in [6, 6.07) is 13.9. The largest absolute Gasteiger partial charge is 0.313 e. The van der Waals surface area contributed by atoms with Gasteiger partial charge < -0.3 is 4.98 Å². The van der Waals surface area contributed by atoms with E-state index in [4.69, 9.17) is 0 Å². The molecule has 0 unspecified atom stereocenters. The minimum atomic E-state index is -0.0982. The molecule has 1 N–H and O–H groups in total. The Morgan fingerprint density at radius 2 is 2.00 bits per heavy atom. The number of nitrogens with zero attached hydrogens (tertiary/aromatic N) is 1. The molecule has 0 amide bonds. The summed E-state index contributed by atoms with van der Waals surface area (Å²) in [6.45, 7) is 0. The lowest BCUT2D eigenvalue weighted by molar-refractivity contribution is 1.15. The lowest BCUT2D eigenvalue weighted by Crippen LogP contribution is -2.06. The van der Waals surface area contributed by atoms with E-state index in [1.165, 1.54) is 11.9 Å². The number of hydrogen-bond acceptors (Lipinski definition) is 2. The van der Waals surface area contributed by atoms with Gasteiger partial charge in [-0.3, -0.25) is 4.79 Å². The van der Waals surface area contributed by atoms with Crippen LogP contribution in [0.15, 0.2) is 58.1 Å². The van der Waals surface area contributed by atoms with E-state index in [0.717, 1.165) is 22.0 Å². The van der Waals surface area contributed by atoms with Crippen LogP contribution < -0.4 is 5.56 Å². The maximum atomic E-state index is 11.7. The summed E-state index contributed by atoms with van der Waals surface area (Å²) in [7, 11) is 0. The molecule has 0 fully saturated rings. The summed E-state index contributed by atoms with van der Waals surface area (Å²) in [4.78, 5) is 18.5. The Morgan fingerprint density at radius 3 is 2.84 bits per heavy atom. The van der Waals surface area contributed by atoms with Crippen molar-refractivity contribution in [2.75, 3.05) is 0 Å². The van der Waals surface area contributed by atoms with Gasteiger partial charge in [0, 0.05) is 4.47 Å². The van der Waals surface area contributed by atoms with Gasteiger partial charge in [0.15, 0.2) is 0 Å². The van der Waals surface area contributed by atoms with Crippen LogP contribution in [0.25, 0.3) is 10.9 Å². The number of benzene rings is 2. The topological polar surface area (TPSA) is 45.8 Å². The summed E-state index contributed by atoms with van der Waals surface area (Å²) < 4.78 is 1.08. The Balaban J connectivity index is 2.05. The van der Waals surface area contributed by atoms with Gasteiger partial charge in [0.2, 0.25) is 0 Å². The van der Waals surface area contributed by atoms with E-state index in [0.29, 0.717) is 5.39 Å². The minimum absolute atomic E-state index is 0.0982. The molecule has 0 aliphatic rings. The summed E-state index contributed by atoms with van der Waals surface area (Å²) >= 11 is 3.54. The predicted octanol–water partition coefficient (Wildman–Crippen LogP) is 3.28. The maximum absolute atomic E-state index is 11.7. The quantitative estimate of drug-likeness (QED) is 0.789. The third-order valence-corrected chi connectivity index (χ3v) is 3.83. The third kappa shape index (κ3) is 2.44. The highest BCUT2D eigenvalue weighted by atomic mass is 79.9. The van der Waals surface area contributed by atoms with Crippen LogP contribution in [-0.4, -0.2) is 9.97 Å². The van der Waals surface area contributed by atoms with Gasteiger partial charge in [0.1, 0.15) is 0 Å². The van der Waals surface area contributed by atoms with E-state index >= 15 is 0 Å². The zero-order valence-electron chi connectivity index (χ0n) is 10.1. The van der Waals surface area contributed by atoms with Crippen molar-refractivity contribution in [3.8, 4) is 0 Å². The normalized spacial score (nSPS) is 10.8. The second-order valence-electron chi connectivity index (χ2n) is 4.35. The highest BCUT2D eigenvalue weighted by molar-refractivity contribution is 9.10. The van der Waals surface area contributed by atoms with Gasteiger partial charge in [-0.25, -0.2) is 4.98 Å². The van der Waals surface area contributed by atoms with Crippen molar-refractivity contribution in [1.82, 2.24) is 9.97 Å². The van der Waals surface area contributed by atoms with Crippen LogP contribution in [0, 0.1) is 0 Å². The standard InChI is InChI=1S/C15H11BrN2O/c16-13-4-2-1-3-11(13)7-10-5-6-14-12(8-10)15(19)18-9-17-14/h1-6,8-9H,7H2,(H,17,18,19). The van der Waals surface area contributed by atoms with Gasteiger partial charge in [0.25, 0.3) is 5.56 Å². The molecular formula is C15H11BrN2O. The summed E-state index contributed by atoms with van der Waals surface area (Å²) in [5.74, 6) is 0. The smallest absolute Gasteiger partial charge is 0.258 e. The van der Waals surface area contributed by atoms with Crippen molar-refractivity contribution in [1.29, 1.82) is 0 Å². The second kappa shape index (κ2) is 4.97. The number of aromatic amines is 1. The van der Waals surface area contributed by atoms with Crippen molar-refractivity contribution in [2.24, 2.45) is 0 Å². The molecule has 0 bridgehead atoms. The van der Waals surface area contributed by atoms with E-state index in [1.54, 1.807) is 0 Å². The van der Waals surface area contributed by atoms with Gasteiger partial charge in [-0.05, 0) is 35.7 Å². The monoisotopic (exact) mass is 314 g/mol. The zero-order valence-corrected chi connectivity index (χ0v) is 11.6. The Hall–Kier alpha value is -1.94. The zero-order chi connectivity index (χ0) is 13.2. The van der Waals surface area contributed by atoms with Crippen molar-refractivity contribution in [3.05, 3.63) is 74.7 Å². The summed E-state index contributed by atoms with van der Waals surface area (Å²) in [6.07, 6.45) is 2.21. The number of H-pyrrole nitrogens is 1. The third-order valence-electron chi connectivity index (χ3n) is 3.06. The van der Waals surface area contributed by atoms with Gasteiger partial charge in [-0.1, -0.05) is 40.2 Å². The van der Waals surface area contributed by atoms with Crippen LogP contribution in [0.5, 0.6) is 0 Å². The van der Waals surface area contributed by atoms with E-state index in [1.807, 2.05) is 36.4 Å². The first-order chi connectivity index (χ1) is 9.24. The average molecular weight is 315 g/mol. The number of nitrogens with one attached hydrogen (secondary N) is 1. The fraction of sp³-hybridized carbons (Fsp3) is 0.0667. The van der Waals surface area contributed by atoms with Crippen molar-refractivity contribution in [2.45, 2.75) is 6.42 Å². The molecule has 1 aromatic heterocycles. The van der Waals surface area contributed by atoms with Crippen LogP contribution in [0.4, 0.5) is 0 Å². The fourth-order valence-electron chi connectivity index (χ4n) is 2.09. The SMILES string of the molecule is O=c1[nH]cnc2ccc(Cc3ccccc3Br)cc12. The first-order valence-electron chi connectivity index (χ1n) is 5.94. The van der Waals surface area contributed by atoms with Crippen LogP contribution in [0.3, 0.4) is 0 Å². The minimum Gasteiger partial charge on any atom is -0.313 e. The predicted molar refractivity (Wildman–Crippen MR) is 79.3 cm³/mol. The first-order valence-corrected chi connectivity index (χ1v) is 6.73. The highest BCUT2D eigenvalue weighted by Gasteiger charge is 2.04. The van der Waals surface area contributed by atoms with Gasteiger partial charge in [-0.2, -0.15) is 0 Å². The Labute approximate surface area is 118 Å². The van der Waals surface area contributed by atoms with E-state index in [9.17, 15) is 4.79 Å². The van der Waals surface area contributed by atoms with E-state index in [2.05, 4.69) is 32.0 Å².